The molecule has 0 bridgehead atoms. The third-order valence-electron chi connectivity index (χ3n) is 5.24. The van der Waals surface area contributed by atoms with Crippen LogP contribution < -0.4 is 30.1 Å². The number of hydrogen-bond acceptors (Lipinski definition) is 1. The van der Waals surface area contributed by atoms with Crippen molar-refractivity contribution in [3.8, 4) is 11.1 Å². The van der Waals surface area contributed by atoms with Crippen LogP contribution in [0.1, 0.15) is 26.7 Å². The van der Waals surface area contributed by atoms with Crippen LogP contribution in [0.4, 0.5) is 11.4 Å². The second-order valence-electron chi connectivity index (χ2n) is 6.78. The standard InChI is InChI=1S/C24H18N.2ClH.Zr/c1-2-11-19(12-3-1)25-23-15-14-21-20-13-7-6-10-18(20)16-22(21)24(23)17-8-4-5-9-17;;;/h1-8,10-16,25H,9H2;2*1H;/q;;;+2/p-2. The Bertz CT molecular complexity index is 1060. The molecule has 4 heteroatoms. The Labute approximate surface area is 193 Å². The number of hydrogen-bond donors (Lipinski definition) is 1. The van der Waals surface area contributed by atoms with Gasteiger partial charge in [-0.05, 0) is 0 Å². The predicted molar refractivity (Wildman–Crippen MR) is 105 cm³/mol. The fourth-order valence-electron chi connectivity index (χ4n) is 4.06. The van der Waals surface area contributed by atoms with Gasteiger partial charge in [-0.25, -0.2) is 0 Å². The molecule has 2 aliphatic carbocycles. The van der Waals surface area contributed by atoms with E-state index in [1.165, 1.54) is 39.1 Å². The molecule has 28 heavy (non-hydrogen) atoms. The van der Waals surface area contributed by atoms with E-state index in [1.54, 1.807) is 24.7 Å². The molecule has 1 unspecified atom stereocenters. The Kier molecular flexibility index (Phi) is 6.66. The molecule has 3 aromatic carbocycles. The van der Waals surface area contributed by atoms with E-state index in [9.17, 15) is 0 Å². The van der Waals surface area contributed by atoms with E-state index in [2.05, 4.69) is 90.3 Å². The maximum atomic E-state index is 3.67. The molecule has 0 aromatic heterocycles. The SMILES string of the molecule is [Cl-].[Cl-].[Zr+2][CH]1c2ccccc2-c2ccc(Nc3ccccc3)c(C3=CC=CC3)c21. The van der Waals surface area contributed by atoms with Gasteiger partial charge in [-0.2, -0.15) is 0 Å². The number of fused-ring (bicyclic) bond motifs is 3. The summed E-state index contributed by atoms with van der Waals surface area (Å²) in [5.41, 5.74) is 11.0. The third kappa shape index (κ3) is 3.54. The molecule has 5 rings (SSSR count). The van der Waals surface area contributed by atoms with Gasteiger partial charge in [-0.1, -0.05) is 0 Å². The quantitative estimate of drug-likeness (QED) is 0.570. The monoisotopic (exact) mass is 480 g/mol. The predicted octanol–water partition coefficient (Wildman–Crippen LogP) is 0.398. The first-order chi connectivity index (χ1) is 12.8. The van der Waals surface area contributed by atoms with Gasteiger partial charge < -0.3 is 24.8 Å². The van der Waals surface area contributed by atoms with Gasteiger partial charge in [0.15, 0.2) is 0 Å². The van der Waals surface area contributed by atoms with E-state index in [4.69, 9.17) is 0 Å². The van der Waals surface area contributed by atoms with Crippen molar-refractivity contribution >= 4 is 16.9 Å². The van der Waals surface area contributed by atoms with Crippen molar-refractivity contribution in [2.75, 3.05) is 5.32 Å². The third-order valence-corrected chi connectivity index (χ3v) is 6.72. The molecule has 1 nitrogen and oxygen atoms in total. The topological polar surface area (TPSA) is 12.0 Å². The van der Waals surface area contributed by atoms with Crippen molar-refractivity contribution in [2.24, 2.45) is 0 Å². The summed E-state index contributed by atoms with van der Waals surface area (Å²) in [6.45, 7) is 0. The van der Waals surface area contributed by atoms with E-state index in [0.29, 0.717) is 3.63 Å². The van der Waals surface area contributed by atoms with Gasteiger partial charge in [0.25, 0.3) is 0 Å². The molecule has 1 N–H and O–H groups in total. The zero-order valence-electron chi connectivity index (χ0n) is 15.1. The molecule has 0 radical (unpaired) electrons. The van der Waals surface area contributed by atoms with Gasteiger partial charge in [-0.15, -0.1) is 0 Å². The Morgan fingerprint density at radius 1 is 0.821 bits per heavy atom. The molecule has 0 fully saturated rings. The Morgan fingerprint density at radius 3 is 2.32 bits per heavy atom. The van der Waals surface area contributed by atoms with Gasteiger partial charge in [0, 0.05) is 0 Å². The van der Waals surface area contributed by atoms with E-state index in [0.717, 1.165) is 12.1 Å². The summed E-state index contributed by atoms with van der Waals surface area (Å²) in [6.07, 6.45) is 7.72. The molecule has 0 spiro atoms. The number of allylic oxidation sites excluding steroid dienone is 4. The van der Waals surface area contributed by atoms with Crippen LogP contribution in [-0.2, 0) is 24.7 Å². The van der Waals surface area contributed by atoms with Gasteiger partial charge in [0.2, 0.25) is 0 Å². The maximum absolute atomic E-state index is 3.67. The normalized spacial score (nSPS) is 15.8. The molecule has 0 heterocycles. The number of para-hydroxylation sites is 1. The van der Waals surface area contributed by atoms with E-state index in [-0.39, 0.29) is 24.8 Å². The molecule has 0 amide bonds. The molecule has 0 aliphatic heterocycles. The van der Waals surface area contributed by atoms with E-state index >= 15 is 0 Å². The fraction of sp³-hybridized carbons (Fsp3) is 0.0833. The fourth-order valence-corrected chi connectivity index (χ4v) is 5.42. The van der Waals surface area contributed by atoms with E-state index < -0.39 is 0 Å². The Morgan fingerprint density at radius 2 is 1.57 bits per heavy atom. The molecule has 0 saturated carbocycles. The number of nitrogens with one attached hydrogen (secondary N) is 1. The summed E-state index contributed by atoms with van der Waals surface area (Å²) >= 11 is 1.55. The molecule has 1 atom stereocenters. The average Bonchev–Trinajstić information content (AvgIpc) is 3.31. The summed E-state index contributed by atoms with van der Waals surface area (Å²) in [5.74, 6) is 0. The summed E-state index contributed by atoms with van der Waals surface area (Å²) in [6, 6.07) is 23.9. The molecule has 2 aliphatic rings. The van der Waals surface area contributed by atoms with Gasteiger partial charge >= 0.3 is 170 Å². The van der Waals surface area contributed by atoms with Crippen LogP contribution in [0.5, 0.6) is 0 Å². The second kappa shape index (κ2) is 8.82. The summed E-state index contributed by atoms with van der Waals surface area (Å²) in [4.78, 5) is 0. The van der Waals surface area contributed by atoms with Gasteiger partial charge in [0.1, 0.15) is 0 Å². The summed E-state index contributed by atoms with van der Waals surface area (Å²) in [5, 5.41) is 3.67. The number of halogens is 2. The van der Waals surface area contributed by atoms with Crippen molar-refractivity contribution in [1.29, 1.82) is 0 Å². The van der Waals surface area contributed by atoms with Crippen molar-refractivity contribution < 1.29 is 49.5 Å². The van der Waals surface area contributed by atoms with E-state index in [1.807, 2.05) is 0 Å². The average molecular weight is 483 g/mol. The first-order valence-corrected chi connectivity index (χ1v) is 10.4. The van der Waals surface area contributed by atoms with Crippen LogP contribution in [-0.4, -0.2) is 0 Å². The minimum atomic E-state index is 0. The van der Waals surface area contributed by atoms with Crippen molar-refractivity contribution in [1.82, 2.24) is 0 Å². The second-order valence-corrected chi connectivity index (χ2v) is 8.20. The molecule has 3 aromatic rings. The molecule has 0 saturated heterocycles. The first-order valence-electron chi connectivity index (χ1n) is 8.98. The van der Waals surface area contributed by atoms with Crippen LogP contribution in [0, 0.1) is 0 Å². The van der Waals surface area contributed by atoms with Gasteiger partial charge in [-0.3, -0.25) is 0 Å². The van der Waals surface area contributed by atoms with Crippen LogP contribution in [0.3, 0.4) is 0 Å². The van der Waals surface area contributed by atoms with Crippen LogP contribution in [0.25, 0.3) is 16.7 Å². The molecule has 137 valence electrons. The molecular formula is C24H18Cl2NZr. The van der Waals surface area contributed by atoms with Crippen molar-refractivity contribution in [3.63, 3.8) is 0 Å². The van der Waals surface area contributed by atoms with Crippen LogP contribution >= 0.6 is 0 Å². The Balaban J connectivity index is 0.00000112. The zero-order chi connectivity index (χ0) is 17.5. The van der Waals surface area contributed by atoms with Crippen LogP contribution in [0.15, 0.2) is 85.0 Å². The van der Waals surface area contributed by atoms with Crippen molar-refractivity contribution in [2.45, 2.75) is 10.0 Å². The van der Waals surface area contributed by atoms with Gasteiger partial charge in [0.05, 0.1) is 0 Å². The number of rotatable bonds is 3. The summed E-state index contributed by atoms with van der Waals surface area (Å²) in [7, 11) is 0. The summed E-state index contributed by atoms with van der Waals surface area (Å²) < 4.78 is 0.502. The number of benzene rings is 3. The Hall–Kier alpha value is -1.60. The van der Waals surface area contributed by atoms with Crippen LogP contribution in [0.2, 0.25) is 0 Å². The zero-order valence-corrected chi connectivity index (χ0v) is 19.1. The number of anilines is 2. The molecular weight excluding hydrogens is 464 g/mol. The minimum absolute atomic E-state index is 0. The van der Waals surface area contributed by atoms with Crippen molar-refractivity contribution in [3.05, 3.63) is 102 Å². The first kappa shape index (κ1) is 21.1.